The molecule has 4 rings (SSSR count). The van der Waals surface area contributed by atoms with E-state index in [1.165, 1.54) is 11.8 Å². The summed E-state index contributed by atoms with van der Waals surface area (Å²) in [6.07, 6.45) is 0. The standard InChI is InChI=1S/C19H16N4O2S/c1-12-7-6-10-15(11-12)18-22-23-19(25-18)26-13(2)16-20-21-17(24-16)14-8-4-3-5-9-14/h3-11,13H,1-2H3/t13-/m0/s1. The molecule has 0 spiro atoms. The molecule has 1 atom stereocenters. The largest absolute Gasteiger partial charge is 0.419 e. The van der Waals surface area contributed by atoms with E-state index in [9.17, 15) is 0 Å². The van der Waals surface area contributed by atoms with Gasteiger partial charge in [0.2, 0.25) is 17.7 Å². The fraction of sp³-hybridized carbons (Fsp3) is 0.158. The number of hydrogen-bond acceptors (Lipinski definition) is 7. The lowest BCUT2D eigenvalue weighted by Gasteiger charge is -2.01. The second kappa shape index (κ2) is 7.13. The van der Waals surface area contributed by atoms with Crippen LogP contribution in [0, 0.1) is 6.92 Å². The van der Waals surface area contributed by atoms with Crippen molar-refractivity contribution in [3.05, 3.63) is 66.1 Å². The van der Waals surface area contributed by atoms with E-state index in [1.807, 2.05) is 68.4 Å². The molecule has 0 radical (unpaired) electrons. The summed E-state index contributed by atoms with van der Waals surface area (Å²) in [5.74, 6) is 1.52. The quantitative estimate of drug-likeness (QED) is 0.464. The number of hydrogen-bond donors (Lipinski definition) is 0. The molecule has 4 aromatic rings. The molecule has 0 aliphatic heterocycles. The van der Waals surface area contributed by atoms with Crippen molar-refractivity contribution in [1.82, 2.24) is 20.4 Å². The van der Waals surface area contributed by atoms with Crippen LogP contribution in [-0.4, -0.2) is 20.4 Å². The highest BCUT2D eigenvalue weighted by molar-refractivity contribution is 7.99. The monoisotopic (exact) mass is 364 g/mol. The minimum absolute atomic E-state index is 0.106. The highest BCUT2D eigenvalue weighted by Gasteiger charge is 2.19. The average molecular weight is 364 g/mol. The Balaban J connectivity index is 1.49. The molecule has 0 amide bonds. The smallest absolute Gasteiger partial charge is 0.277 e. The summed E-state index contributed by atoms with van der Waals surface area (Å²) in [5, 5.41) is 16.8. The van der Waals surface area contributed by atoms with Crippen molar-refractivity contribution in [2.24, 2.45) is 0 Å². The van der Waals surface area contributed by atoms with Crippen molar-refractivity contribution in [2.45, 2.75) is 24.3 Å². The Morgan fingerprint density at radius 3 is 2.35 bits per heavy atom. The number of aryl methyl sites for hydroxylation is 1. The van der Waals surface area contributed by atoms with E-state index < -0.39 is 0 Å². The van der Waals surface area contributed by atoms with Crippen LogP contribution < -0.4 is 0 Å². The van der Waals surface area contributed by atoms with Gasteiger partial charge in [-0.3, -0.25) is 0 Å². The zero-order valence-electron chi connectivity index (χ0n) is 14.3. The molecule has 2 aromatic heterocycles. The highest BCUT2D eigenvalue weighted by atomic mass is 32.2. The summed E-state index contributed by atoms with van der Waals surface area (Å²) < 4.78 is 11.5. The SMILES string of the molecule is Cc1cccc(-c2nnc(S[C@@H](C)c3nnc(-c4ccccc4)o3)o2)c1. The Morgan fingerprint density at radius 1 is 0.808 bits per heavy atom. The van der Waals surface area contributed by atoms with E-state index in [4.69, 9.17) is 8.83 Å². The van der Waals surface area contributed by atoms with Crippen LogP contribution in [0.4, 0.5) is 0 Å². The normalized spacial score (nSPS) is 12.2. The first-order valence-electron chi connectivity index (χ1n) is 8.15. The third-order valence-electron chi connectivity index (χ3n) is 3.76. The van der Waals surface area contributed by atoms with Gasteiger partial charge in [0.15, 0.2) is 0 Å². The Morgan fingerprint density at radius 2 is 1.54 bits per heavy atom. The van der Waals surface area contributed by atoms with Crippen LogP contribution in [-0.2, 0) is 0 Å². The molecule has 0 saturated carbocycles. The first-order chi connectivity index (χ1) is 12.7. The summed E-state index contributed by atoms with van der Waals surface area (Å²) in [4.78, 5) is 0. The Kier molecular flexibility index (Phi) is 4.53. The van der Waals surface area contributed by atoms with E-state index in [2.05, 4.69) is 20.4 Å². The van der Waals surface area contributed by atoms with Gasteiger partial charge < -0.3 is 8.83 Å². The second-order valence-electron chi connectivity index (χ2n) is 5.81. The zero-order chi connectivity index (χ0) is 17.9. The lowest BCUT2D eigenvalue weighted by Crippen LogP contribution is -1.88. The second-order valence-corrected chi connectivity index (χ2v) is 7.11. The first-order valence-corrected chi connectivity index (χ1v) is 9.03. The molecule has 26 heavy (non-hydrogen) atoms. The van der Waals surface area contributed by atoms with Crippen LogP contribution in [0.5, 0.6) is 0 Å². The third kappa shape index (κ3) is 3.52. The molecule has 0 fully saturated rings. The molecule has 0 N–H and O–H groups in total. The maximum atomic E-state index is 5.78. The van der Waals surface area contributed by atoms with Crippen molar-refractivity contribution in [1.29, 1.82) is 0 Å². The highest BCUT2D eigenvalue weighted by Crippen LogP contribution is 2.35. The van der Waals surface area contributed by atoms with Gasteiger partial charge in [-0.2, -0.15) is 0 Å². The van der Waals surface area contributed by atoms with E-state index in [-0.39, 0.29) is 5.25 Å². The molecule has 0 bridgehead atoms. The molecule has 130 valence electrons. The summed E-state index contributed by atoms with van der Waals surface area (Å²) in [6.45, 7) is 3.99. The lowest BCUT2D eigenvalue weighted by atomic mass is 10.1. The number of aromatic nitrogens is 4. The molecule has 2 aromatic carbocycles. The zero-order valence-corrected chi connectivity index (χ0v) is 15.1. The number of benzene rings is 2. The van der Waals surface area contributed by atoms with Gasteiger partial charge in [-0.15, -0.1) is 20.4 Å². The van der Waals surface area contributed by atoms with Crippen LogP contribution in [0.15, 0.2) is 68.7 Å². The van der Waals surface area contributed by atoms with E-state index in [1.54, 1.807) is 0 Å². The Hall–Kier alpha value is -2.93. The lowest BCUT2D eigenvalue weighted by molar-refractivity contribution is 0.461. The van der Waals surface area contributed by atoms with Gasteiger partial charge in [-0.1, -0.05) is 47.7 Å². The van der Waals surface area contributed by atoms with Crippen LogP contribution in [0.3, 0.4) is 0 Å². The minimum atomic E-state index is -0.106. The van der Waals surface area contributed by atoms with Gasteiger partial charge in [0.25, 0.3) is 5.22 Å². The molecule has 0 aliphatic rings. The summed E-state index contributed by atoms with van der Waals surface area (Å²) in [6, 6.07) is 17.6. The van der Waals surface area contributed by atoms with E-state index in [0.29, 0.717) is 22.9 Å². The van der Waals surface area contributed by atoms with Crippen molar-refractivity contribution in [3.8, 4) is 22.9 Å². The van der Waals surface area contributed by atoms with Crippen LogP contribution in [0.2, 0.25) is 0 Å². The summed E-state index contributed by atoms with van der Waals surface area (Å²) in [7, 11) is 0. The molecule has 0 aliphatic carbocycles. The fourth-order valence-corrected chi connectivity index (χ4v) is 3.16. The van der Waals surface area contributed by atoms with E-state index in [0.717, 1.165) is 16.7 Å². The van der Waals surface area contributed by atoms with Crippen molar-refractivity contribution in [3.63, 3.8) is 0 Å². The number of rotatable bonds is 5. The van der Waals surface area contributed by atoms with Crippen molar-refractivity contribution in [2.75, 3.05) is 0 Å². The van der Waals surface area contributed by atoms with Crippen molar-refractivity contribution >= 4 is 11.8 Å². The Bertz CT molecular complexity index is 1010. The van der Waals surface area contributed by atoms with Gasteiger partial charge >= 0.3 is 0 Å². The molecule has 0 unspecified atom stereocenters. The van der Waals surface area contributed by atoms with Gasteiger partial charge in [-0.25, -0.2) is 0 Å². The first kappa shape index (κ1) is 16.5. The van der Waals surface area contributed by atoms with Crippen LogP contribution in [0.1, 0.15) is 23.6 Å². The fourth-order valence-electron chi connectivity index (χ4n) is 2.45. The summed E-state index contributed by atoms with van der Waals surface area (Å²) in [5.41, 5.74) is 2.94. The number of nitrogens with zero attached hydrogens (tertiary/aromatic N) is 4. The molecule has 2 heterocycles. The molecular formula is C19H16N4O2S. The molecular weight excluding hydrogens is 348 g/mol. The third-order valence-corrected chi connectivity index (χ3v) is 4.68. The van der Waals surface area contributed by atoms with Gasteiger partial charge in [0, 0.05) is 11.1 Å². The van der Waals surface area contributed by atoms with Crippen LogP contribution in [0.25, 0.3) is 22.9 Å². The van der Waals surface area contributed by atoms with E-state index >= 15 is 0 Å². The average Bonchev–Trinajstić information content (AvgIpc) is 3.32. The minimum Gasteiger partial charge on any atom is -0.419 e. The summed E-state index contributed by atoms with van der Waals surface area (Å²) >= 11 is 1.39. The number of thioether (sulfide) groups is 1. The maximum absolute atomic E-state index is 5.78. The molecule has 7 heteroatoms. The van der Waals surface area contributed by atoms with Gasteiger partial charge in [0.05, 0.1) is 5.25 Å². The predicted molar refractivity (Wildman–Crippen MR) is 98.5 cm³/mol. The Labute approximate surface area is 154 Å². The molecule has 6 nitrogen and oxygen atoms in total. The van der Waals surface area contributed by atoms with Gasteiger partial charge in [0.1, 0.15) is 0 Å². The topological polar surface area (TPSA) is 77.8 Å². The maximum Gasteiger partial charge on any atom is 0.277 e. The molecule has 0 saturated heterocycles. The van der Waals surface area contributed by atoms with Crippen molar-refractivity contribution < 1.29 is 8.83 Å². The van der Waals surface area contributed by atoms with Gasteiger partial charge in [-0.05, 0) is 38.1 Å². The predicted octanol–water partition coefficient (Wildman–Crippen LogP) is 4.95. The van der Waals surface area contributed by atoms with Crippen LogP contribution >= 0.6 is 11.8 Å².